The number of thiophene rings is 1. The Hall–Kier alpha value is -2.18. The van der Waals surface area contributed by atoms with Crippen molar-refractivity contribution < 1.29 is 9.90 Å². The van der Waals surface area contributed by atoms with Crippen molar-refractivity contribution in [2.24, 2.45) is 11.0 Å². The van der Waals surface area contributed by atoms with Crippen LogP contribution in [0.4, 0.5) is 0 Å². The summed E-state index contributed by atoms with van der Waals surface area (Å²) in [5, 5.41) is 18.6. The molecular formula is C21H25N3O2S. The number of hydrogen-bond donors (Lipinski definition) is 1. The Balaban J connectivity index is 1.57. The summed E-state index contributed by atoms with van der Waals surface area (Å²) in [4.78, 5) is 16.4. The van der Waals surface area contributed by atoms with E-state index in [0.29, 0.717) is 13.0 Å². The number of carbonyl (C=O) groups excluding carboxylic acids is 1. The van der Waals surface area contributed by atoms with Crippen molar-refractivity contribution >= 4 is 23.0 Å². The van der Waals surface area contributed by atoms with Gasteiger partial charge in [-0.1, -0.05) is 31.2 Å². The zero-order valence-electron chi connectivity index (χ0n) is 15.5. The van der Waals surface area contributed by atoms with E-state index in [1.165, 1.54) is 0 Å². The van der Waals surface area contributed by atoms with Gasteiger partial charge in [0.25, 0.3) is 5.91 Å². The van der Waals surface area contributed by atoms with Crippen LogP contribution in [0.3, 0.4) is 0 Å². The molecule has 1 fully saturated rings. The molecule has 2 aliphatic rings. The van der Waals surface area contributed by atoms with E-state index in [0.717, 1.165) is 48.0 Å². The third-order valence-electron chi connectivity index (χ3n) is 5.50. The van der Waals surface area contributed by atoms with Crippen molar-refractivity contribution in [1.82, 2.24) is 9.91 Å². The van der Waals surface area contributed by atoms with Gasteiger partial charge in [0.15, 0.2) is 0 Å². The first kappa shape index (κ1) is 18.2. The number of rotatable bonds is 4. The SMILES string of the molecule is CC1CCN(CC(=O)N2N=C(c3cccs3)C[C@H]2c2ccccc2O)CC1. The van der Waals surface area contributed by atoms with Crippen LogP contribution < -0.4 is 0 Å². The average molecular weight is 384 g/mol. The minimum Gasteiger partial charge on any atom is -0.508 e. The first-order valence-corrected chi connectivity index (χ1v) is 10.4. The number of hydrogen-bond acceptors (Lipinski definition) is 5. The molecule has 0 unspecified atom stereocenters. The first-order valence-electron chi connectivity index (χ1n) is 9.55. The molecule has 2 aromatic rings. The van der Waals surface area contributed by atoms with Crippen molar-refractivity contribution in [3.05, 3.63) is 52.2 Å². The first-order chi connectivity index (χ1) is 13.1. The Morgan fingerprint density at radius 1 is 1.22 bits per heavy atom. The van der Waals surface area contributed by atoms with E-state index in [1.54, 1.807) is 28.5 Å². The number of para-hydroxylation sites is 1. The monoisotopic (exact) mass is 383 g/mol. The molecule has 1 atom stereocenters. The molecule has 2 aliphatic heterocycles. The second-order valence-electron chi connectivity index (χ2n) is 7.50. The summed E-state index contributed by atoms with van der Waals surface area (Å²) in [6, 6.07) is 11.0. The molecule has 6 heteroatoms. The number of amides is 1. The maximum atomic E-state index is 13.1. The van der Waals surface area contributed by atoms with Gasteiger partial charge in [0, 0.05) is 12.0 Å². The minimum absolute atomic E-state index is 0.00404. The number of nitrogens with zero attached hydrogens (tertiary/aromatic N) is 3. The predicted octanol–water partition coefficient (Wildman–Crippen LogP) is 3.86. The number of likely N-dealkylation sites (tertiary alicyclic amines) is 1. The molecule has 142 valence electrons. The Morgan fingerprint density at radius 3 is 2.70 bits per heavy atom. The average Bonchev–Trinajstić information content (AvgIpc) is 3.33. The second kappa shape index (κ2) is 7.82. The van der Waals surface area contributed by atoms with Crippen LogP contribution in [-0.4, -0.2) is 46.3 Å². The normalized spacial score (nSPS) is 21.4. The topological polar surface area (TPSA) is 56.1 Å². The molecular weight excluding hydrogens is 358 g/mol. The van der Waals surface area contributed by atoms with Crippen LogP contribution in [-0.2, 0) is 4.79 Å². The number of carbonyl (C=O) groups is 1. The Morgan fingerprint density at radius 2 is 2.00 bits per heavy atom. The van der Waals surface area contributed by atoms with Crippen molar-refractivity contribution in [1.29, 1.82) is 0 Å². The van der Waals surface area contributed by atoms with E-state index in [-0.39, 0.29) is 17.7 Å². The lowest BCUT2D eigenvalue weighted by molar-refractivity contribution is -0.134. The standard InChI is InChI=1S/C21H25N3O2S/c1-15-8-10-23(11-9-15)14-21(26)24-18(16-5-2-3-6-19(16)25)13-17(22-24)20-7-4-12-27-20/h2-7,12,15,18,25H,8-11,13-14H2,1H3/t18-/m0/s1. The van der Waals surface area contributed by atoms with Gasteiger partial charge in [-0.05, 0) is 49.4 Å². The maximum absolute atomic E-state index is 13.1. The zero-order valence-corrected chi connectivity index (χ0v) is 16.4. The predicted molar refractivity (Wildman–Crippen MR) is 108 cm³/mol. The summed E-state index contributed by atoms with van der Waals surface area (Å²) >= 11 is 1.63. The minimum atomic E-state index is -0.250. The molecule has 0 aliphatic carbocycles. The van der Waals surface area contributed by atoms with Crippen molar-refractivity contribution in [2.75, 3.05) is 19.6 Å². The maximum Gasteiger partial charge on any atom is 0.257 e. The molecule has 0 spiro atoms. The second-order valence-corrected chi connectivity index (χ2v) is 8.45. The lowest BCUT2D eigenvalue weighted by Crippen LogP contribution is -2.41. The molecule has 5 nitrogen and oxygen atoms in total. The van der Waals surface area contributed by atoms with Gasteiger partial charge in [-0.25, -0.2) is 5.01 Å². The summed E-state index contributed by atoms with van der Waals surface area (Å²) < 4.78 is 0. The molecule has 1 aromatic carbocycles. The highest BCUT2D eigenvalue weighted by molar-refractivity contribution is 7.12. The Kier molecular flexibility index (Phi) is 5.27. The Labute approximate surface area is 163 Å². The molecule has 0 saturated carbocycles. The van der Waals surface area contributed by atoms with E-state index in [4.69, 9.17) is 0 Å². The van der Waals surface area contributed by atoms with Crippen LogP contribution in [0.2, 0.25) is 0 Å². The molecule has 1 N–H and O–H groups in total. The van der Waals surface area contributed by atoms with Gasteiger partial charge in [0.2, 0.25) is 0 Å². The highest BCUT2D eigenvalue weighted by atomic mass is 32.1. The highest BCUT2D eigenvalue weighted by Gasteiger charge is 2.35. The fourth-order valence-electron chi connectivity index (χ4n) is 3.83. The van der Waals surface area contributed by atoms with Gasteiger partial charge in [-0.15, -0.1) is 11.3 Å². The van der Waals surface area contributed by atoms with E-state index in [9.17, 15) is 9.90 Å². The lowest BCUT2D eigenvalue weighted by atomic mass is 9.99. The summed E-state index contributed by atoms with van der Waals surface area (Å²) in [6.45, 7) is 4.58. The van der Waals surface area contributed by atoms with Crippen molar-refractivity contribution in [2.45, 2.75) is 32.2 Å². The molecule has 3 heterocycles. The zero-order chi connectivity index (χ0) is 18.8. The fraction of sp³-hybridized carbons (Fsp3) is 0.429. The molecule has 0 radical (unpaired) electrons. The van der Waals surface area contributed by atoms with Crippen LogP contribution in [0.25, 0.3) is 0 Å². The summed E-state index contributed by atoms with van der Waals surface area (Å²) in [7, 11) is 0. The quantitative estimate of drug-likeness (QED) is 0.872. The van der Waals surface area contributed by atoms with E-state index in [1.807, 2.05) is 29.6 Å². The highest BCUT2D eigenvalue weighted by Crippen LogP contribution is 2.37. The largest absolute Gasteiger partial charge is 0.508 e. The van der Waals surface area contributed by atoms with Crippen LogP contribution in [0.1, 0.15) is 42.7 Å². The summed E-state index contributed by atoms with van der Waals surface area (Å²) in [5.41, 5.74) is 1.67. The smallest absolute Gasteiger partial charge is 0.257 e. The number of phenolic OH excluding ortho intramolecular Hbond substituents is 1. The van der Waals surface area contributed by atoms with Gasteiger partial charge in [0.1, 0.15) is 5.75 Å². The van der Waals surface area contributed by atoms with Gasteiger partial charge in [-0.2, -0.15) is 5.10 Å². The molecule has 27 heavy (non-hydrogen) atoms. The van der Waals surface area contributed by atoms with Gasteiger partial charge >= 0.3 is 0 Å². The third-order valence-corrected chi connectivity index (χ3v) is 6.42. The van der Waals surface area contributed by atoms with Gasteiger partial charge in [-0.3, -0.25) is 9.69 Å². The van der Waals surface area contributed by atoms with Gasteiger partial charge < -0.3 is 5.11 Å². The number of piperidine rings is 1. The molecule has 1 saturated heterocycles. The van der Waals surface area contributed by atoms with Crippen LogP contribution >= 0.6 is 11.3 Å². The number of hydrazone groups is 1. The summed E-state index contributed by atoms with van der Waals surface area (Å²) in [6.07, 6.45) is 2.90. The van der Waals surface area contributed by atoms with Crippen LogP contribution in [0.15, 0.2) is 46.9 Å². The van der Waals surface area contributed by atoms with E-state index >= 15 is 0 Å². The van der Waals surface area contributed by atoms with E-state index < -0.39 is 0 Å². The number of aromatic hydroxyl groups is 1. The fourth-order valence-corrected chi connectivity index (χ4v) is 4.55. The number of benzene rings is 1. The van der Waals surface area contributed by atoms with Gasteiger partial charge in [0.05, 0.1) is 23.2 Å². The third kappa shape index (κ3) is 3.92. The van der Waals surface area contributed by atoms with Crippen LogP contribution in [0, 0.1) is 5.92 Å². The molecule has 1 aromatic heterocycles. The van der Waals surface area contributed by atoms with E-state index in [2.05, 4.69) is 16.9 Å². The lowest BCUT2D eigenvalue weighted by Gasteiger charge is -2.31. The van der Waals surface area contributed by atoms with Crippen LogP contribution in [0.5, 0.6) is 5.75 Å². The van der Waals surface area contributed by atoms with Crippen molar-refractivity contribution in [3.63, 3.8) is 0 Å². The molecule has 0 bridgehead atoms. The molecule has 4 rings (SSSR count). The Bertz CT molecular complexity index is 826. The molecule has 1 amide bonds. The number of phenols is 1. The summed E-state index contributed by atoms with van der Waals surface area (Å²) in [5.74, 6) is 0.958. The van der Waals surface area contributed by atoms with Crippen molar-refractivity contribution in [3.8, 4) is 5.75 Å².